The van der Waals surface area contributed by atoms with Crippen molar-refractivity contribution in [2.45, 2.75) is 50.6 Å². The molecule has 2 unspecified atom stereocenters. The summed E-state index contributed by atoms with van der Waals surface area (Å²) >= 11 is 0. The van der Waals surface area contributed by atoms with Gasteiger partial charge >= 0.3 is 6.18 Å². The lowest BCUT2D eigenvalue weighted by atomic mass is 10.1. The highest BCUT2D eigenvalue weighted by molar-refractivity contribution is 5.94. The van der Waals surface area contributed by atoms with E-state index < -0.39 is 23.6 Å². The molecule has 0 aliphatic carbocycles. The molecule has 2 aromatic rings. The number of halogens is 3. The zero-order chi connectivity index (χ0) is 24.1. The number of amides is 2. The number of alkyl halides is 3. The van der Waals surface area contributed by atoms with E-state index in [0.717, 1.165) is 37.8 Å². The molecular weight excluding hydrogens is 455 g/mol. The Morgan fingerprint density at radius 2 is 1.85 bits per heavy atom. The fraction of sp³-hybridized carbons (Fsp3) is 0.522. The maximum atomic E-state index is 13.1. The van der Waals surface area contributed by atoms with Crippen molar-refractivity contribution in [3.8, 4) is 0 Å². The number of oxazole rings is 1. The summed E-state index contributed by atoms with van der Waals surface area (Å²) in [5.74, 6) is -0.940. The van der Waals surface area contributed by atoms with Crippen LogP contribution in [0.2, 0.25) is 0 Å². The van der Waals surface area contributed by atoms with E-state index in [2.05, 4.69) is 10.3 Å². The molecule has 2 atom stereocenters. The van der Waals surface area contributed by atoms with E-state index in [-0.39, 0.29) is 42.4 Å². The van der Waals surface area contributed by atoms with Crippen LogP contribution in [-0.4, -0.2) is 60.2 Å². The van der Waals surface area contributed by atoms with Gasteiger partial charge in [-0.25, -0.2) is 4.98 Å². The minimum atomic E-state index is -4.57. The molecule has 2 fully saturated rings. The molecule has 184 valence electrons. The van der Waals surface area contributed by atoms with E-state index >= 15 is 0 Å². The fourth-order valence-electron chi connectivity index (χ4n) is 4.02. The standard InChI is InChI=1S/C23H26F3N3O5/c24-23(25,26)16-5-1-4-15(10-16)22(31)29(12-18-7-3-9-33-18)13-20-28-19(14-34-20)21(30)27-11-17-6-2-8-32-17/h1,4-5,10,14,17-18H,2-3,6-9,11-13H2,(H,27,30). The predicted molar refractivity (Wildman–Crippen MR) is 113 cm³/mol. The minimum absolute atomic E-state index is 0.0256. The highest BCUT2D eigenvalue weighted by Gasteiger charge is 2.32. The molecule has 1 aromatic heterocycles. The van der Waals surface area contributed by atoms with Crippen molar-refractivity contribution >= 4 is 11.8 Å². The quantitative estimate of drug-likeness (QED) is 0.621. The van der Waals surface area contributed by atoms with Gasteiger partial charge in [0.2, 0.25) is 5.89 Å². The van der Waals surface area contributed by atoms with Crippen molar-refractivity contribution in [3.63, 3.8) is 0 Å². The van der Waals surface area contributed by atoms with E-state index in [0.29, 0.717) is 19.8 Å². The second-order valence-corrected chi connectivity index (χ2v) is 8.37. The van der Waals surface area contributed by atoms with Crippen molar-refractivity contribution in [2.24, 2.45) is 0 Å². The number of hydrogen-bond donors (Lipinski definition) is 1. The van der Waals surface area contributed by atoms with Gasteiger partial charge in [-0.1, -0.05) is 6.07 Å². The molecular formula is C23H26F3N3O5. The molecule has 0 radical (unpaired) electrons. The SMILES string of the molecule is O=C(NCC1CCCO1)c1coc(CN(CC2CCCO2)C(=O)c2cccc(C(F)(F)F)c2)n1. The van der Waals surface area contributed by atoms with Crippen LogP contribution in [0.25, 0.3) is 0 Å². The van der Waals surface area contributed by atoms with Crippen molar-refractivity contribution < 1.29 is 36.7 Å². The summed E-state index contributed by atoms with van der Waals surface area (Å²) < 4.78 is 55.9. The Morgan fingerprint density at radius 1 is 1.12 bits per heavy atom. The van der Waals surface area contributed by atoms with Gasteiger partial charge in [0.1, 0.15) is 6.26 Å². The normalized spacial score (nSPS) is 20.4. The van der Waals surface area contributed by atoms with Gasteiger partial charge in [-0.05, 0) is 43.9 Å². The summed E-state index contributed by atoms with van der Waals surface area (Å²) in [4.78, 5) is 31.0. The summed E-state index contributed by atoms with van der Waals surface area (Å²) in [7, 11) is 0. The number of benzene rings is 1. The zero-order valence-corrected chi connectivity index (χ0v) is 18.5. The van der Waals surface area contributed by atoms with Crippen LogP contribution in [0.1, 0.15) is 58.0 Å². The van der Waals surface area contributed by atoms with E-state index in [1.807, 2.05) is 0 Å². The van der Waals surface area contributed by atoms with Gasteiger partial charge < -0.3 is 24.1 Å². The molecule has 4 rings (SSSR count). The van der Waals surface area contributed by atoms with E-state index in [4.69, 9.17) is 13.9 Å². The Kier molecular flexibility index (Phi) is 7.52. The van der Waals surface area contributed by atoms with Gasteiger partial charge in [0.25, 0.3) is 11.8 Å². The molecule has 1 N–H and O–H groups in total. The number of carbonyl (C=O) groups excluding carboxylic acids is 2. The monoisotopic (exact) mass is 481 g/mol. The van der Waals surface area contributed by atoms with Gasteiger partial charge in [0.15, 0.2) is 5.69 Å². The molecule has 2 saturated heterocycles. The van der Waals surface area contributed by atoms with Crippen molar-refractivity contribution in [1.82, 2.24) is 15.2 Å². The molecule has 8 nitrogen and oxygen atoms in total. The summed E-state index contributed by atoms with van der Waals surface area (Å²) in [6.45, 7) is 1.64. The van der Waals surface area contributed by atoms with Crippen molar-refractivity contribution in [3.05, 3.63) is 53.2 Å². The first-order chi connectivity index (χ1) is 16.3. The van der Waals surface area contributed by atoms with Crippen LogP contribution in [0.5, 0.6) is 0 Å². The number of rotatable bonds is 8. The van der Waals surface area contributed by atoms with Crippen LogP contribution in [0.4, 0.5) is 13.2 Å². The third-order valence-electron chi connectivity index (χ3n) is 5.80. The largest absolute Gasteiger partial charge is 0.446 e. The van der Waals surface area contributed by atoms with E-state index in [1.54, 1.807) is 0 Å². The number of aromatic nitrogens is 1. The Labute approximate surface area is 194 Å². The second-order valence-electron chi connectivity index (χ2n) is 8.37. The van der Waals surface area contributed by atoms with Gasteiger partial charge in [0, 0.05) is 31.9 Å². The average Bonchev–Trinajstić information content (AvgIpc) is 3.59. The molecule has 2 amide bonds. The number of ether oxygens (including phenoxy) is 2. The highest BCUT2D eigenvalue weighted by atomic mass is 19.4. The lowest BCUT2D eigenvalue weighted by Gasteiger charge is -2.24. The van der Waals surface area contributed by atoms with Crippen LogP contribution < -0.4 is 5.32 Å². The Morgan fingerprint density at radius 3 is 2.53 bits per heavy atom. The number of nitrogens with zero attached hydrogens (tertiary/aromatic N) is 2. The summed E-state index contributed by atoms with van der Waals surface area (Å²) in [5, 5.41) is 2.74. The molecule has 0 bridgehead atoms. The molecule has 0 saturated carbocycles. The summed E-state index contributed by atoms with van der Waals surface area (Å²) in [6, 6.07) is 4.27. The predicted octanol–water partition coefficient (Wildman–Crippen LogP) is 3.42. The van der Waals surface area contributed by atoms with Crippen LogP contribution in [0.3, 0.4) is 0 Å². The average molecular weight is 481 g/mol. The van der Waals surface area contributed by atoms with E-state index in [9.17, 15) is 22.8 Å². The fourth-order valence-corrected chi connectivity index (χ4v) is 4.02. The Balaban J connectivity index is 1.46. The zero-order valence-electron chi connectivity index (χ0n) is 18.5. The molecule has 2 aliphatic heterocycles. The van der Waals surface area contributed by atoms with Gasteiger partial charge in [-0.2, -0.15) is 13.2 Å². The third-order valence-corrected chi connectivity index (χ3v) is 5.80. The second kappa shape index (κ2) is 10.6. The van der Waals surface area contributed by atoms with E-state index in [1.165, 1.54) is 23.3 Å². The van der Waals surface area contributed by atoms with Crippen LogP contribution >= 0.6 is 0 Å². The molecule has 1 aromatic carbocycles. The van der Waals surface area contributed by atoms with Gasteiger partial charge in [0.05, 0.1) is 24.3 Å². The third kappa shape index (κ3) is 6.15. The van der Waals surface area contributed by atoms with Crippen molar-refractivity contribution in [2.75, 3.05) is 26.3 Å². The first kappa shape index (κ1) is 24.2. The smallest absolute Gasteiger partial charge is 0.416 e. The minimum Gasteiger partial charge on any atom is -0.446 e. The first-order valence-electron chi connectivity index (χ1n) is 11.2. The lowest BCUT2D eigenvalue weighted by molar-refractivity contribution is -0.137. The number of nitrogens with one attached hydrogen (secondary N) is 1. The summed E-state index contributed by atoms with van der Waals surface area (Å²) in [6.07, 6.45) is -0.237. The van der Waals surface area contributed by atoms with Crippen molar-refractivity contribution in [1.29, 1.82) is 0 Å². The maximum Gasteiger partial charge on any atom is 0.416 e. The number of carbonyl (C=O) groups is 2. The first-order valence-corrected chi connectivity index (χ1v) is 11.2. The van der Waals surface area contributed by atoms with Crippen LogP contribution in [0.15, 0.2) is 34.9 Å². The highest BCUT2D eigenvalue weighted by Crippen LogP contribution is 2.30. The topological polar surface area (TPSA) is 93.9 Å². The maximum absolute atomic E-state index is 13.1. The molecule has 3 heterocycles. The molecule has 0 spiro atoms. The molecule has 11 heteroatoms. The molecule has 34 heavy (non-hydrogen) atoms. The summed E-state index contributed by atoms with van der Waals surface area (Å²) in [5.41, 5.74) is -0.956. The van der Waals surface area contributed by atoms with Crippen LogP contribution in [0, 0.1) is 0 Å². The number of hydrogen-bond acceptors (Lipinski definition) is 6. The van der Waals surface area contributed by atoms with Crippen LogP contribution in [-0.2, 0) is 22.2 Å². The lowest BCUT2D eigenvalue weighted by Crippen LogP contribution is -2.37. The Hall–Kier alpha value is -2.92. The van der Waals surface area contributed by atoms with Gasteiger partial charge in [-0.3, -0.25) is 9.59 Å². The van der Waals surface area contributed by atoms with Gasteiger partial charge in [-0.15, -0.1) is 0 Å². The Bertz CT molecular complexity index is 998. The molecule has 2 aliphatic rings.